The monoisotopic (exact) mass is 391 g/mol. The number of carboxylic acid groups (broad SMARTS) is 1. The van der Waals surface area contributed by atoms with E-state index in [-0.39, 0.29) is 16.1 Å². The van der Waals surface area contributed by atoms with Gasteiger partial charge < -0.3 is 5.11 Å². The van der Waals surface area contributed by atoms with E-state index >= 15 is 0 Å². The van der Waals surface area contributed by atoms with Gasteiger partial charge in [-0.3, -0.25) is 4.72 Å². The highest BCUT2D eigenvalue weighted by Gasteiger charge is 2.26. The largest absolute Gasteiger partial charge is 0.478 e. The van der Waals surface area contributed by atoms with Crippen LogP contribution in [0.5, 0.6) is 0 Å². The number of nitrogens with one attached hydrogen (secondary N) is 1. The fraction of sp³-hybridized carbons (Fsp3) is 0.0714. The van der Waals surface area contributed by atoms with Crippen molar-refractivity contribution in [2.24, 2.45) is 0 Å². The Hall–Kier alpha value is -2.53. The molecular formula is C14H11F2NO6S2. The fourth-order valence-electron chi connectivity index (χ4n) is 1.83. The zero-order valence-electron chi connectivity index (χ0n) is 12.3. The van der Waals surface area contributed by atoms with Gasteiger partial charge in [-0.2, -0.15) is 8.78 Å². The number of anilines is 1. The molecule has 0 aliphatic heterocycles. The van der Waals surface area contributed by atoms with Crippen molar-refractivity contribution in [1.29, 1.82) is 0 Å². The van der Waals surface area contributed by atoms with Crippen LogP contribution in [0.1, 0.15) is 10.4 Å². The van der Waals surface area contributed by atoms with Crippen LogP contribution in [0, 0.1) is 0 Å². The molecule has 0 heterocycles. The summed E-state index contributed by atoms with van der Waals surface area (Å²) in [6.07, 6.45) is 0. The molecule has 0 aliphatic rings. The minimum absolute atomic E-state index is 0.0751. The van der Waals surface area contributed by atoms with Gasteiger partial charge in [0.15, 0.2) is 0 Å². The summed E-state index contributed by atoms with van der Waals surface area (Å²) in [5.41, 5.74) is -0.310. The molecule has 0 spiro atoms. The smallest absolute Gasteiger partial charge is 0.341 e. The van der Waals surface area contributed by atoms with E-state index in [2.05, 4.69) is 4.72 Å². The van der Waals surface area contributed by atoms with Gasteiger partial charge in [0.25, 0.3) is 10.0 Å². The number of carboxylic acids is 1. The number of aromatic carboxylic acids is 1. The van der Waals surface area contributed by atoms with Crippen LogP contribution in [0.4, 0.5) is 14.5 Å². The molecule has 0 bridgehead atoms. The standard InChI is InChI=1S/C14H11F2NO6S2/c15-14(16)24(20,21)11-6-4-10(5-7-11)17-25(22,23)12-3-1-2-9(8-12)13(18)19/h1-8,14,17H,(H,18,19). The van der Waals surface area contributed by atoms with Crippen molar-refractivity contribution in [3.05, 3.63) is 54.1 Å². The van der Waals surface area contributed by atoms with Gasteiger partial charge in [0.1, 0.15) is 0 Å². The van der Waals surface area contributed by atoms with Gasteiger partial charge >= 0.3 is 11.7 Å². The third-order valence-corrected chi connectivity index (χ3v) is 5.84. The average molecular weight is 391 g/mol. The Morgan fingerprint density at radius 1 is 0.960 bits per heavy atom. The molecule has 11 heteroatoms. The van der Waals surface area contributed by atoms with Crippen LogP contribution < -0.4 is 4.72 Å². The molecule has 0 fully saturated rings. The van der Waals surface area contributed by atoms with E-state index in [4.69, 9.17) is 5.11 Å². The Labute approximate surface area is 141 Å². The molecule has 0 amide bonds. The highest BCUT2D eigenvalue weighted by Crippen LogP contribution is 2.22. The van der Waals surface area contributed by atoms with Crippen molar-refractivity contribution in [2.45, 2.75) is 15.5 Å². The second-order valence-electron chi connectivity index (χ2n) is 4.77. The molecule has 0 saturated carbocycles. The van der Waals surface area contributed by atoms with E-state index in [9.17, 15) is 30.4 Å². The summed E-state index contributed by atoms with van der Waals surface area (Å²) in [7, 11) is -8.93. The van der Waals surface area contributed by atoms with E-state index < -0.39 is 36.5 Å². The summed E-state index contributed by atoms with van der Waals surface area (Å²) in [4.78, 5) is 9.91. The van der Waals surface area contributed by atoms with E-state index in [1.54, 1.807) is 0 Å². The normalized spacial score (nSPS) is 12.1. The molecular weight excluding hydrogens is 380 g/mol. The Kier molecular flexibility index (Phi) is 5.09. The SMILES string of the molecule is O=C(O)c1cccc(S(=O)(=O)Nc2ccc(S(=O)(=O)C(F)F)cc2)c1. The summed E-state index contributed by atoms with van der Waals surface area (Å²) in [5.74, 6) is -4.90. The number of sulfone groups is 1. The minimum Gasteiger partial charge on any atom is -0.478 e. The number of alkyl halides is 2. The van der Waals surface area contributed by atoms with Gasteiger partial charge in [-0.25, -0.2) is 21.6 Å². The number of halogens is 2. The Balaban J connectivity index is 2.30. The van der Waals surface area contributed by atoms with E-state index in [0.29, 0.717) is 0 Å². The Bertz CT molecular complexity index is 1000. The average Bonchev–Trinajstić information content (AvgIpc) is 2.55. The number of rotatable bonds is 6. The first kappa shape index (κ1) is 18.8. The van der Waals surface area contributed by atoms with E-state index in [0.717, 1.165) is 30.3 Å². The van der Waals surface area contributed by atoms with Crippen molar-refractivity contribution >= 4 is 31.5 Å². The first-order valence-electron chi connectivity index (χ1n) is 6.52. The van der Waals surface area contributed by atoms with Gasteiger partial charge in [0.2, 0.25) is 9.84 Å². The summed E-state index contributed by atoms with van der Waals surface area (Å²) in [6.45, 7) is 0. The van der Waals surface area contributed by atoms with Gasteiger partial charge in [-0.15, -0.1) is 0 Å². The van der Waals surface area contributed by atoms with Crippen molar-refractivity contribution in [3.63, 3.8) is 0 Å². The second-order valence-corrected chi connectivity index (χ2v) is 8.37. The zero-order chi connectivity index (χ0) is 18.8. The van der Waals surface area contributed by atoms with Gasteiger partial charge in [0, 0.05) is 5.69 Å². The molecule has 0 aromatic heterocycles. The Morgan fingerprint density at radius 2 is 1.56 bits per heavy atom. The maximum atomic E-state index is 12.4. The number of hydrogen-bond donors (Lipinski definition) is 2. The minimum atomic E-state index is -4.78. The van der Waals surface area contributed by atoms with Crippen LogP contribution >= 0.6 is 0 Å². The van der Waals surface area contributed by atoms with Crippen LogP contribution in [0.3, 0.4) is 0 Å². The highest BCUT2D eigenvalue weighted by atomic mass is 32.2. The molecule has 0 atom stereocenters. The number of benzene rings is 2. The van der Waals surface area contributed by atoms with Crippen molar-refractivity contribution in [2.75, 3.05) is 4.72 Å². The Morgan fingerprint density at radius 3 is 2.08 bits per heavy atom. The van der Waals surface area contributed by atoms with E-state index in [1.165, 1.54) is 18.2 Å². The molecule has 0 radical (unpaired) electrons. The predicted octanol–water partition coefficient (Wildman–Crippen LogP) is 2.18. The van der Waals surface area contributed by atoms with E-state index in [1.807, 2.05) is 0 Å². The van der Waals surface area contributed by atoms with Crippen LogP contribution in [0.2, 0.25) is 0 Å². The zero-order valence-corrected chi connectivity index (χ0v) is 13.9. The summed E-state index contributed by atoms with van der Waals surface area (Å²) < 4.78 is 74.1. The van der Waals surface area contributed by atoms with Gasteiger partial charge in [-0.1, -0.05) is 6.07 Å². The van der Waals surface area contributed by atoms with Gasteiger partial charge in [-0.05, 0) is 42.5 Å². The predicted molar refractivity (Wildman–Crippen MR) is 83.8 cm³/mol. The summed E-state index contributed by atoms with van der Waals surface area (Å²) in [6, 6.07) is 8.27. The third kappa shape index (κ3) is 4.12. The number of sulfonamides is 1. The summed E-state index contributed by atoms with van der Waals surface area (Å²) in [5, 5.41) is 8.88. The summed E-state index contributed by atoms with van der Waals surface area (Å²) >= 11 is 0. The molecule has 0 saturated heterocycles. The molecule has 7 nitrogen and oxygen atoms in total. The molecule has 2 rings (SSSR count). The quantitative estimate of drug-likeness (QED) is 0.779. The molecule has 134 valence electrons. The van der Waals surface area contributed by atoms with Crippen molar-refractivity contribution in [3.8, 4) is 0 Å². The third-order valence-electron chi connectivity index (χ3n) is 3.06. The lowest BCUT2D eigenvalue weighted by Gasteiger charge is -2.09. The molecule has 2 aromatic carbocycles. The van der Waals surface area contributed by atoms with Crippen LogP contribution in [-0.2, 0) is 19.9 Å². The molecule has 0 aliphatic carbocycles. The van der Waals surface area contributed by atoms with Crippen molar-refractivity contribution in [1.82, 2.24) is 0 Å². The first-order valence-corrected chi connectivity index (χ1v) is 9.55. The molecule has 25 heavy (non-hydrogen) atoms. The highest BCUT2D eigenvalue weighted by molar-refractivity contribution is 7.92. The fourth-order valence-corrected chi connectivity index (χ4v) is 3.65. The first-order chi connectivity index (χ1) is 11.5. The number of hydrogen-bond acceptors (Lipinski definition) is 5. The maximum absolute atomic E-state index is 12.4. The van der Waals surface area contributed by atoms with Crippen LogP contribution in [0.15, 0.2) is 58.3 Å². The molecule has 0 unspecified atom stereocenters. The van der Waals surface area contributed by atoms with Crippen molar-refractivity contribution < 1.29 is 35.5 Å². The second kappa shape index (κ2) is 6.76. The molecule has 2 aromatic rings. The lowest BCUT2D eigenvalue weighted by Crippen LogP contribution is -2.14. The van der Waals surface area contributed by atoms with Crippen LogP contribution in [0.25, 0.3) is 0 Å². The number of carbonyl (C=O) groups is 1. The van der Waals surface area contributed by atoms with Gasteiger partial charge in [0.05, 0.1) is 15.4 Å². The lowest BCUT2D eigenvalue weighted by molar-refractivity contribution is 0.0696. The van der Waals surface area contributed by atoms with Crippen LogP contribution in [-0.4, -0.2) is 33.7 Å². The lowest BCUT2D eigenvalue weighted by atomic mass is 10.2. The molecule has 2 N–H and O–H groups in total. The topological polar surface area (TPSA) is 118 Å². The maximum Gasteiger partial charge on any atom is 0.341 e.